The molecular weight excluding hydrogens is 340 g/mol. The van der Waals surface area contributed by atoms with Crippen molar-refractivity contribution in [3.63, 3.8) is 0 Å². The Bertz CT molecular complexity index is 676. The highest BCUT2D eigenvalue weighted by Crippen LogP contribution is 2.29. The summed E-state index contributed by atoms with van der Waals surface area (Å²) in [7, 11) is 0. The van der Waals surface area contributed by atoms with Gasteiger partial charge in [0.05, 0.1) is 18.2 Å². The first kappa shape index (κ1) is 18.4. The third kappa shape index (κ3) is 3.73. The number of hydrogen-bond acceptors (Lipinski definition) is 5. The standard InChI is InChI=1S/C21H30N4O2/c1-2-22-12-14-24(15-13-22)19-16-20(26)25(21(19)27)18-8-6-17(7-9-18)23-10-4-3-5-11-23/h6-9,19H,2-5,10-16H2,1H3. The molecule has 4 rings (SSSR count). The van der Waals surface area contributed by atoms with Crippen molar-refractivity contribution in [3.8, 4) is 0 Å². The summed E-state index contributed by atoms with van der Waals surface area (Å²) in [5.41, 5.74) is 1.89. The number of benzene rings is 1. The summed E-state index contributed by atoms with van der Waals surface area (Å²) in [6.07, 6.45) is 4.08. The summed E-state index contributed by atoms with van der Waals surface area (Å²) in [6, 6.07) is 7.66. The van der Waals surface area contributed by atoms with Crippen LogP contribution in [-0.2, 0) is 9.59 Å². The van der Waals surface area contributed by atoms with Crippen LogP contribution in [0.3, 0.4) is 0 Å². The molecule has 3 heterocycles. The number of likely N-dealkylation sites (N-methyl/N-ethyl adjacent to an activating group) is 1. The smallest absolute Gasteiger partial charge is 0.251 e. The summed E-state index contributed by atoms with van der Waals surface area (Å²) in [5.74, 6) is -0.135. The van der Waals surface area contributed by atoms with Crippen molar-refractivity contribution in [2.45, 2.75) is 38.6 Å². The van der Waals surface area contributed by atoms with Crippen molar-refractivity contribution < 1.29 is 9.59 Å². The quantitative estimate of drug-likeness (QED) is 0.758. The number of nitrogens with zero attached hydrogens (tertiary/aromatic N) is 4. The Morgan fingerprint density at radius 3 is 2.11 bits per heavy atom. The van der Waals surface area contributed by atoms with Crippen LogP contribution in [0, 0.1) is 0 Å². The number of piperazine rings is 1. The van der Waals surface area contributed by atoms with Gasteiger partial charge in [-0.15, -0.1) is 0 Å². The summed E-state index contributed by atoms with van der Waals surface area (Å²) >= 11 is 0. The Balaban J connectivity index is 1.44. The van der Waals surface area contributed by atoms with Crippen molar-refractivity contribution in [2.75, 3.05) is 55.6 Å². The van der Waals surface area contributed by atoms with E-state index in [-0.39, 0.29) is 17.9 Å². The topological polar surface area (TPSA) is 47.1 Å². The average Bonchev–Trinajstić information content (AvgIpc) is 3.03. The Hall–Kier alpha value is -1.92. The highest BCUT2D eigenvalue weighted by molar-refractivity contribution is 6.22. The molecule has 0 spiro atoms. The maximum atomic E-state index is 13.0. The molecule has 6 heteroatoms. The number of amides is 2. The van der Waals surface area contributed by atoms with Crippen molar-refractivity contribution >= 4 is 23.2 Å². The molecule has 0 radical (unpaired) electrons. The van der Waals surface area contributed by atoms with Crippen molar-refractivity contribution in [1.82, 2.24) is 9.80 Å². The van der Waals surface area contributed by atoms with Gasteiger partial charge in [-0.3, -0.25) is 14.5 Å². The summed E-state index contributed by atoms with van der Waals surface area (Å²) in [6.45, 7) is 9.05. The highest BCUT2D eigenvalue weighted by atomic mass is 16.2. The number of rotatable bonds is 4. The Kier molecular flexibility index (Phi) is 5.45. The van der Waals surface area contributed by atoms with Crippen LogP contribution in [0.15, 0.2) is 24.3 Å². The maximum absolute atomic E-state index is 13.0. The van der Waals surface area contributed by atoms with E-state index < -0.39 is 0 Å². The van der Waals surface area contributed by atoms with E-state index in [0.717, 1.165) is 45.8 Å². The third-order valence-corrected chi connectivity index (χ3v) is 6.25. The van der Waals surface area contributed by atoms with Gasteiger partial charge in [-0.05, 0) is 50.1 Å². The minimum absolute atomic E-state index is 0.0596. The number of hydrogen-bond donors (Lipinski definition) is 0. The highest BCUT2D eigenvalue weighted by Gasteiger charge is 2.43. The number of anilines is 2. The molecule has 1 aromatic rings. The van der Waals surface area contributed by atoms with Gasteiger partial charge in [0.2, 0.25) is 5.91 Å². The molecule has 0 aliphatic carbocycles. The van der Waals surface area contributed by atoms with E-state index in [9.17, 15) is 9.59 Å². The van der Waals surface area contributed by atoms with E-state index in [0.29, 0.717) is 12.1 Å². The molecule has 0 N–H and O–H groups in total. The van der Waals surface area contributed by atoms with Crippen LogP contribution >= 0.6 is 0 Å². The molecule has 3 fully saturated rings. The maximum Gasteiger partial charge on any atom is 0.251 e. The van der Waals surface area contributed by atoms with Gasteiger partial charge < -0.3 is 9.80 Å². The van der Waals surface area contributed by atoms with Gasteiger partial charge in [-0.2, -0.15) is 0 Å². The molecule has 2 amide bonds. The van der Waals surface area contributed by atoms with Gasteiger partial charge in [0.25, 0.3) is 5.91 Å². The molecule has 0 bridgehead atoms. The Morgan fingerprint density at radius 2 is 1.48 bits per heavy atom. The van der Waals surface area contributed by atoms with Crippen LogP contribution in [0.5, 0.6) is 0 Å². The van der Waals surface area contributed by atoms with Gasteiger partial charge in [0.1, 0.15) is 0 Å². The first-order valence-electron chi connectivity index (χ1n) is 10.4. The summed E-state index contributed by atoms with van der Waals surface area (Å²) in [5, 5.41) is 0. The number of carbonyl (C=O) groups is 2. The van der Waals surface area contributed by atoms with Crippen LogP contribution in [0.2, 0.25) is 0 Å². The second-order valence-corrected chi connectivity index (χ2v) is 7.82. The fraction of sp³-hybridized carbons (Fsp3) is 0.619. The Labute approximate surface area is 161 Å². The van der Waals surface area contributed by atoms with Gasteiger partial charge >= 0.3 is 0 Å². The predicted octanol–water partition coefficient (Wildman–Crippen LogP) is 1.95. The molecule has 0 saturated carbocycles. The summed E-state index contributed by atoms with van der Waals surface area (Å²) < 4.78 is 0. The monoisotopic (exact) mass is 370 g/mol. The first-order chi connectivity index (χ1) is 13.2. The van der Waals surface area contributed by atoms with E-state index in [1.54, 1.807) is 0 Å². The number of imide groups is 1. The fourth-order valence-electron chi connectivity index (χ4n) is 4.53. The van der Waals surface area contributed by atoms with Crippen LogP contribution < -0.4 is 9.80 Å². The van der Waals surface area contributed by atoms with Crippen LogP contribution in [0.4, 0.5) is 11.4 Å². The molecule has 3 aliphatic rings. The van der Waals surface area contributed by atoms with Gasteiger partial charge in [0.15, 0.2) is 0 Å². The minimum atomic E-state index is -0.293. The SMILES string of the molecule is CCN1CCN(C2CC(=O)N(c3ccc(N4CCCCC4)cc3)C2=O)CC1. The molecule has 27 heavy (non-hydrogen) atoms. The lowest BCUT2D eigenvalue weighted by molar-refractivity contribution is -0.123. The van der Waals surface area contributed by atoms with Crippen molar-refractivity contribution in [3.05, 3.63) is 24.3 Å². The minimum Gasteiger partial charge on any atom is -0.372 e. The van der Waals surface area contributed by atoms with Crippen LogP contribution in [0.1, 0.15) is 32.6 Å². The first-order valence-corrected chi connectivity index (χ1v) is 10.4. The number of carbonyl (C=O) groups excluding carboxylic acids is 2. The normalized spacial score (nSPS) is 25.4. The lowest BCUT2D eigenvalue weighted by Crippen LogP contribution is -2.52. The Morgan fingerprint density at radius 1 is 0.852 bits per heavy atom. The van der Waals surface area contributed by atoms with Gasteiger partial charge in [-0.25, -0.2) is 4.90 Å². The van der Waals surface area contributed by atoms with E-state index in [1.807, 2.05) is 12.1 Å². The van der Waals surface area contributed by atoms with E-state index in [4.69, 9.17) is 0 Å². The van der Waals surface area contributed by atoms with Crippen LogP contribution in [-0.4, -0.2) is 73.5 Å². The van der Waals surface area contributed by atoms with Gasteiger partial charge in [-0.1, -0.05) is 6.92 Å². The zero-order valence-electron chi connectivity index (χ0n) is 16.3. The third-order valence-electron chi connectivity index (χ3n) is 6.25. The molecule has 146 valence electrons. The van der Waals surface area contributed by atoms with Crippen LogP contribution in [0.25, 0.3) is 0 Å². The van der Waals surface area contributed by atoms with Crippen molar-refractivity contribution in [1.29, 1.82) is 0 Å². The van der Waals surface area contributed by atoms with Gasteiger partial charge in [0, 0.05) is 45.0 Å². The molecule has 1 unspecified atom stereocenters. The zero-order valence-corrected chi connectivity index (χ0v) is 16.3. The molecule has 3 saturated heterocycles. The molecule has 0 aromatic heterocycles. The molecule has 1 atom stereocenters. The van der Waals surface area contributed by atoms with Crippen molar-refractivity contribution in [2.24, 2.45) is 0 Å². The molecular formula is C21H30N4O2. The van der Waals surface area contributed by atoms with E-state index in [1.165, 1.54) is 29.8 Å². The zero-order chi connectivity index (χ0) is 18.8. The average molecular weight is 370 g/mol. The largest absolute Gasteiger partial charge is 0.372 e. The molecule has 6 nitrogen and oxygen atoms in total. The molecule has 3 aliphatic heterocycles. The molecule has 1 aromatic carbocycles. The lowest BCUT2D eigenvalue weighted by atomic mass is 10.1. The lowest BCUT2D eigenvalue weighted by Gasteiger charge is -2.36. The fourth-order valence-corrected chi connectivity index (χ4v) is 4.53. The summed E-state index contributed by atoms with van der Waals surface area (Å²) in [4.78, 5) is 34.0. The van der Waals surface area contributed by atoms with E-state index in [2.05, 4.69) is 33.8 Å². The number of piperidine rings is 1. The predicted molar refractivity (Wildman–Crippen MR) is 107 cm³/mol. The van der Waals surface area contributed by atoms with E-state index >= 15 is 0 Å². The second-order valence-electron chi connectivity index (χ2n) is 7.82. The second kappa shape index (κ2) is 7.98.